The predicted molar refractivity (Wildman–Crippen MR) is 61.9 cm³/mol. The third kappa shape index (κ3) is 3.35. The van der Waals surface area contributed by atoms with Gasteiger partial charge in [0.25, 0.3) is 0 Å². The quantitative estimate of drug-likeness (QED) is 0.823. The summed E-state index contributed by atoms with van der Waals surface area (Å²) in [4.78, 5) is 14.5. The summed E-state index contributed by atoms with van der Waals surface area (Å²) >= 11 is 0. The summed E-state index contributed by atoms with van der Waals surface area (Å²) in [7, 11) is 3.11. The zero-order valence-electron chi connectivity index (χ0n) is 10.7. The molecule has 18 heavy (non-hydrogen) atoms. The lowest BCUT2D eigenvalue weighted by molar-refractivity contribution is -0.192. The lowest BCUT2D eigenvalue weighted by atomic mass is 9.98. The maximum absolute atomic E-state index is 12.9. The van der Waals surface area contributed by atoms with Crippen LogP contribution in [0.15, 0.2) is 0 Å². The Balaban J connectivity index is 2.91. The fourth-order valence-corrected chi connectivity index (χ4v) is 2.35. The van der Waals surface area contributed by atoms with Crippen LogP contribution in [0.1, 0.15) is 19.3 Å². The van der Waals surface area contributed by atoms with Crippen molar-refractivity contribution < 1.29 is 18.0 Å². The molecule has 2 atom stereocenters. The Kier molecular flexibility index (Phi) is 4.98. The zero-order chi connectivity index (χ0) is 13.9. The molecule has 0 aromatic rings. The average Bonchev–Trinajstić information content (AvgIpc) is 2.27. The summed E-state index contributed by atoms with van der Waals surface area (Å²) in [6, 6.07) is -2.43. The van der Waals surface area contributed by atoms with Gasteiger partial charge in [0.2, 0.25) is 5.91 Å². The number of piperidine rings is 1. The highest BCUT2D eigenvalue weighted by molar-refractivity contribution is 5.81. The highest BCUT2D eigenvalue weighted by Crippen LogP contribution is 2.30. The Labute approximate surface area is 105 Å². The van der Waals surface area contributed by atoms with Crippen molar-refractivity contribution in [3.05, 3.63) is 0 Å². The van der Waals surface area contributed by atoms with Gasteiger partial charge < -0.3 is 10.6 Å². The Morgan fingerprint density at radius 3 is 2.50 bits per heavy atom. The predicted octanol–water partition coefficient (Wildman–Crippen LogP) is 0.819. The van der Waals surface area contributed by atoms with Crippen LogP contribution in [0.2, 0.25) is 0 Å². The summed E-state index contributed by atoms with van der Waals surface area (Å²) in [5.41, 5.74) is 5.24. The van der Waals surface area contributed by atoms with E-state index in [-0.39, 0.29) is 12.5 Å². The Morgan fingerprint density at radius 1 is 1.44 bits per heavy atom. The third-order valence-corrected chi connectivity index (χ3v) is 3.27. The molecule has 0 unspecified atom stereocenters. The summed E-state index contributed by atoms with van der Waals surface area (Å²) in [5.74, 6) is -0.280. The van der Waals surface area contributed by atoms with E-state index in [2.05, 4.69) is 0 Å². The highest BCUT2D eigenvalue weighted by Gasteiger charge is 2.47. The lowest BCUT2D eigenvalue weighted by Crippen LogP contribution is -2.59. The molecule has 0 bridgehead atoms. The summed E-state index contributed by atoms with van der Waals surface area (Å²) in [6.07, 6.45) is -2.49. The van der Waals surface area contributed by atoms with Crippen molar-refractivity contribution in [2.75, 3.05) is 27.2 Å². The first-order valence-electron chi connectivity index (χ1n) is 6.02. The molecule has 1 heterocycles. The van der Waals surface area contributed by atoms with Crippen LogP contribution in [0.4, 0.5) is 13.2 Å². The molecule has 0 aromatic carbocycles. The second-order valence-corrected chi connectivity index (χ2v) is 4.78. The molecule has 4 nitrogen and oxygen atoms in total. The maximum atomic E-state index is 12.9. The molecule has 0 aliphatic carbocycles. The fourth-order valence-electron chi connectivity index (χ4n) is 2.35. The van der Waals surface area contributed by atoms with Gasteiger partial charge in [0, 0.05) is 20.6 Å². The van der Waals surface area contributed by atoms with Crippen molar-refractivity contribution in [3.8, 4) is 0 Å². The van der Waals surface area contributed by atoms with Crippen molar-refractivity contribution in [3.63, 3.8) is 0 Å². The SMILES string of the molecule is CN(C)C(=O)[C@@H]1CCCCN1[C@H](CN)C(F)(F)F. The second kappa shape index (κ2) is 5.88. The van der Waals surface area contributed by atoms with Crippen LogP contribution < -0.4 is 5.73 Å². The molecule has 0 spiro atoms. The van der Waals surface area contributed by atoms with Crippen molar-refractivity contribution in [1.29, 1.82) is 0 Å². The number of likely N-dealkylation sites (N-methyl/N-ethyl adjacent to an activating group) is 1. The van der Waals surface area contributed by atoms with Crippen molar-refractivity contribution >= 4 is 5.91 Å². The topological polar surface area (TPSA) is 49.6 Å². The molecule has 0 radical (unpaired) electrons. The minimum Gasteiger partial charge on any atom is -0.347 e. The molecule has 1 fully saturated rings. The van der Waals surface area contributed by atoms with Gasteiger partial charge in [0.05, 0.1) is 6.04 Å². The number of hydrogen-bond acceptors (Lipinski definition) is 3. The fraction of sp³-hybridized carbons (Fsp3) is 0.909. The van der Waals surface area contributed by atoms with E-state index in [9.17, 15) is 18.0 Å². The van der Waals surface area contributed by atoms with E-state index in [1.807, 2.05) is 0 Å². The average molecular weight is 267 g/mol. The number of nitrogens with zero attached hydrogens (tertiary/aromatic N) is 2. The van der Waals surface area contributed by atoms with Gasteiger partial charge in [0.15, 0.2) is 0 Å². The van der Waals surface area contributed by atoms with Crippen molar-refractivity contribution in [2.45, 2.75) is 37.5 Å². The van der Waals surface area contributed by atoms with E-state index >= 15 is 0 Å². The number of carbonyl (C=O) groups excluding carboxylic acids is 1. The summed E-state index contributed by atoms with van der Waals surface area (Å²) in [5, 5.41) is 0. The van der Waals surface area contributed by atoms with Gasteiger partial charge in [-0.15, -0.1) is 0 Å². The smallest absolute Gasteiger partial charge is 0.347 e. The van der Waals surface area contributed by atoms with Gasteiger partial charge in [-0.1, -0.05) is 6.42 Å². The van der Waals surface area contributed by atoms with Gasteiger partial charge in [-0.2, -0.15) is 13.2 Å². The number of nitrogens with two attached hydrogens (primary N) is 1. The van der Waals surface area contributed by atoms with E-state index in [4.69, 9.17) is 5.73 Å². The molecule has 1 aliphatic rings. The zero-order valence-corrected chi connectivity index (χ0v) is 10.7. The number of carbonyl (C=O) groups is 1. The number of hydrogen-bond donors (Lipinski definition) is 1. The van der Waals surface area contributed by atoms with Crippen molar-refractivity contribution in [2.24, 2.45) is 5.73 Å². The first kappa shape index (κ1) is 15.2. The molecule has 2 N–H and O–H groups in total. The number of halogens is 3. The monoisotopic (exact) mass is 267 g/mol. The van der Waals surface area contributed by atoms with Crippen LogP contribution in [0.5, 0.6) is 0 Å². The van der Waals surface area contributed by atoms with Gasteiger partial charge in [0.1, 0.15) is 6.04 Å². The molecule has 0 saturated carbocycles. The second-order valence-electron chi connectivity index (χ2n) is 4.78. The lowest BCUT2D eigenvalue weighted by Gasteiger charge is -2.41. The van der Waals surface area contributed by atoms with Crippen LogP contribution in [-0.4, -0.2) is 61.2 Å². The molecule has 0 aromatic heterocycles. The normalized spacial score (nSPS) is 23.8. The number of amides is 1. The first-order chi connectivity index (χ1) is 8.29. The molecule has 1 rings (SSSR count). The van der Waals surface area contributed by atoms with E-state index in [1.54, 1.807) is 14.1 Å². The molecule has 1 aliphatic heterocycles. The molecular formula is C11H20F3N3O. The summed E-state index contributed by atoms with van der Waals surface area (Å²) in [6.45, 7) is -0.244. The van der Waals surface area contributed by atoms with E-state index in [1.165, 1.54) is 9.80 Å². The third-order valence-electron chi connectivity index (χ3n) is 3.27. The molecule has 1 amide bonds. The number of alkyl halides is 3. The van der Waals surface area contributed by atoms with E-state index in [0.29, 0.717) is 12.8 Å². The molecule has 7 heteroatoms. The molecular weight excluding hydrogens is 247 g/mol. The van der Waals surface area contributed by atoms with E-state index in [0.717, 1.165) is 6.42 Å². The van der Waals surface area contributed by atoms with Gasteiger partial charge in [-0.3, -0.25) is 9.69 Å². The van der Waals surface area contributed by atoms with Crippen LogP contribution in [0.25, 0.3) is 0 Å². The number of rotatable bonds is 3. The van der Waals surface area contributed by atoms with Crippen LogP contribution in [0.3, 0.4) is 0 Å². The van der Waals surface area contributed by atoms with Crippen LogP contribution >= 0.6 is 0 Å². The van der Waals surface area contributed by atoms with Crippen molar-refractivity contribution in [1.82, 2.24) is 9.80 Å². The van der Waals surface area contributed by atoms with Gasteiger partial charge >= 0.3 is 6.18 Å². The highest BCUT2D eigenvalue weighted by atomic mass is 19.4. The largest absolute Gasteiger partial charge is 0.405 e. The maximum Gasteiger partial charge on any atom is 0.405 e. The minimum absolute atomic E-state index is 0.269. The van der Waals surface area contributed by atoms with Crippen LogP contribution in [-0.2, 0) is 4.79 Å². The van der Waals surface area contributed by atoms with Gasteiger partial charge in [-0.05, 0) is 19.4 Å². The minimum atomic E-state index is -4.39. The Morgan fingerprint density at radius 2 is 2.06 bits per heavy atom. The standard InChI is InChI=1S/C11H20F3N3O/c1-16(2)10(18)8-5-3-4-6-17(8)9(7-15)11(12,13)14/h8-9H,3-7,15H2,1-2H3/t8-,9+/m0/s1. The first-order valence-corrected chi connectivity index (χ1v) is 6.02. The van der Waals surface area contributed by atoms with E-state index < -0.39 is 24.8 Å². The summed E-state index contributed by atoms with van der Waals surface area (Å²) < 4.78 is 38.7. The Bertz CT molecular complexity index is 294. The molecule has 1 saturated heterocycles. The molecule has 106 valence electrons. The number of likely N-dealkylation sites (tertiary alicyclic amines) is 1. The van der Waals surface area contributed by atoms with Crippen LogP contribution in [0, 0.1) is 0 Å². The Hall–Kier alpha value is -0.820. The van der Waals surface area contributed by atoms with Gasteiger partial charge in [-0.25, -0.2) is 0 Å².